The van der Waals surface area contributed by atoms with Crippen molar-refractivity contribution >= 4 is 17.6 Å². The Balaban J connectivity index is 2.04. The van der Waals surface area contributed by atoms with Gasteiger partial charge in [-0.05, 0) is 37.1 Å². The summed E-state index contributed by atoms with van der Waals surface area (Å²) in [5.41, 5.74) is 3.43. The van der Waals surface area contributed by atoms with Gasteiger partial charge >= 0.3 is 6.03 Å². The van der Waals surface area contributed by atoms with Crippen molar-refractivity contribution in [2.75, 3.05) is 18.0 Å². The fraction of sp³-hybridized carbons (Fsp3) is 0.235. The highest BCUT2D eigenvalue weighted by Gasteiger charge is 2.36. The Kier molecular flexibility index (Phi) is 3.63. The van der Waals surface area contributed by atoms with Gasteiger partial charge in [0, 0.05) is 24.5 Å². The van der Waals surface area contributed by atoms with Crippen molar-refractivity contribution in [3.63, 3.8) is 0 Å². The van der Waals surface area contributed by atoms with Crippen LogP contribution in [0.25, 0.3) is 11.1 Å². The molecule has 0 atom stereocenters. The molecule has 5 heteroatoms. The maximum atomic E-state index is 12.4. The second-order valence-corrected chi connectivity index (χ2v) is 5.27. The number of likely N-dealkylation sites (N-methyl/N-ethyl adjacent to an activating group) is 1. The van der Waals surface area contributed by atoms with Crippen LogP contribution in [0.3, 0.4) is 0 Å². The van der Waals surface area contributed by atoms with Crippen LogP contribution in [-0.4, -0.2) is 34.9 Å². The molecule has 1 fully saturated rings. The molecule has 22 heavy (non-hydrogen) atoms. The summed E-state index contributed by atoms with van der Waals surface area (Å²) in [6.45, 7) is 4.44. The third kappa shape index (κ3) is 2.35. The van der Waals surface area contributed by atoms with E-state index in [1.807, 2.05) is 44.2 Å². The highest BCUT2D eigenvalue weighted by Crippen LogP contribution is 2.30. The van der Waals surface area contributed by atoms with E-state index in [-0.39, 0.29) is 18.5 Å². The van der Waals surface area contributed by atoms with Gasteiger partial charge in [-0.1, -0.05) is 18.2 Å². The van der Waals surface area contributed by atoms with E-state index in [0.29, 0.717) is 12.2 Å². The lowest BCUT2D eigenvalue weighted by atomic mass is 10.0. The second kappa shape index (κ2) is 5.60. The minimum atomic E-state index is -0.251. The molecule has 0 unspecified atom stereocenters. The van der Waals surface area contributed by atoms with E-state index in [1.165, 1.54) is 4.90 Å². The van der Waals surface area contributed by atoms with Crippen molar-refractivity contribution < 1.29 is 9.59 Å². The Morgan fingerprint density at radius 1 is 1.18 bits per heavy atom. The first-order chi connectivity index (χ1) is 10.6. The van der Waals surface area contributed by atoms with Crippen LogP contribution < -0.4 is 4.90 Å². The molecule has 1 aromatic heterocycles. The van der Waals surface area contributed by atoms with E-state index in [9.17, 15) is 9.59 Å². The van der Waals surface area contributed by atoms with E-state index >= 15 is 0 Å². The lowest BCUT2D eigenvalue weighted by Gasteiger charge is -2.18. The van der Waals surface area contributed by atoms with Gasteiger partial charge in [0.15, 0.2) is 0 Å². The molecule has 2 heterocycles. The Hall–Kier alpha value is -2.69. The quantitative estimate of drug-likeness (QED) is 0.818. The largest absolute Gasteiger partial charge is 0.331 e. The van der Waals surface area contributed by atoms with Crippen LogP contribution in [0.2, 0.25) is 0 Å². The minimum Gasteiger partial charge on any atom is -0.315 e. The highest BCUT2D eigenvalue weighted by molar-refractivity contribution is 6.20. The number of amides is 3. The highest BCUT2D eigenvalue weighted by atomic mass is 16.2. The van der Waals surface area contributed by atoms with Gasteiger partial charge in [-0.2, -0.15) is 0 Å². The number of imide groups is 1. The number of rotatable bonds is 3. The molecule has 0 N–H and O–H groups in total. The monoisotopic (exact) mass is 295 g/mol. The first kappa shape index (κ1) is 14.3. The van der Waals surface area contributed by atoms with Gasteiger partial charge in [0.05, 0.1) is 5.69 Å². The molecule has 0 radical (unpaired) electrons. The molecule has 1 aliphatic heterocycles. The number of nitrogens with zero attached hydrogens (tertiary/aromatic N) is 3. The number of urea groups is 1. The number of hydrogen-bond donors (Lipinski definition) is 0. The summed E-state index contributed by atoms with van der Waals surface area (Å²) in [5, 5.41) is 0. The molecule has 3 rings (SSSR count). The number of anilines is 1. The lowest BCUT2D eigenvalue weighted by molar-refractivity contribution is -0.116. The van der Waals surface area contributed by atoms with Crippen molar-refractivity contribution in [2.45, 2.75) is 13.8 Å². The van der Waals surface area contributed by atoms with Crippen LogP contribution in [0.1, 0.15) is 12.5 Å². The molecule has 5 nitrogen and oxygen atoms in total. The normalized spacial score (nSPS) is 14.8. The first-order valence-corrected chi connectivity index (χ1v) is 7.24. The Morgan fingerprint density at radius 2 is 2.00 bits per heavy atom. The van der Waals surface area contributed by atoms with Crippen molar-refractivity contribution in [1.29, 1.82) is 0 Å². The Bertz CT molecular complexity index is 728. The van der Waals surface area contributed by atoms with Gasteiger partial charge in [-0.15, -0.1) is 0 Å². The predicted octanol–water partition coefficient (Wildman–Crippen LogP) is 2.85. The molecular formula is C17H17N3O2. The fourth-order valence-electron chi connectivity index (χ4n) is 2.60. The van der Waals surface area contributed by atoms with Crippen molar-refractivity contribution in [3.05, 3.63) is 48.3 Å². The molecule has 0 aliphatic carbocycles. The summed E-state index contributed by atoms with van der Waals surface area (Å²) in [7, 11) is 0. The van der Waals surface area contributed by atoms with E-state index < -0.39 is 0 Å². The number of pyridine rings is 1. The average molecular weight is 295 g/mol. The zero-order chi connectivity index (χ0) is 15.7. The predicted molar refractivity (Wildman–Crippen MR) is 84.5 cm³/mol. The zero-order valence-electron chi connectivity index (χ0n) is 12.6. The zero-order valence-corrected chi connectivity index (χ0v) is 12.6. The van der Waals surface area contributed by atoms with Crippen LogP contribution in [0, 0.1) is 6.92 Å². The van der Waals surface area contributed by atoms with Gasteiger partial charge in [0.1, 0.15) is 6.54 Å². The van der Waals surface area contributed by atoms with Crippen molar-refractivity contribution in [2.24, 2.45) is 0 Å². The number of benzene rings is 1. The van der Waals surface area contributed by atoms with E-state index in [4.69, 9.17) is 0 Å². The minimum absolute atomic E-state index is 0.145. The van der Waals surface area contributed by atoms with Gasteiger partial charge in [-0.25, -0.2) is 9.69 Å². The molecular weight excluding hydrogens is 278 g/mol. The summed E-state index contributed by atoms with van der Waals surface area (Å²) in [4.78, 5) is 31.5. The Labute approximate surface area is 129 Å². The summed E-state index contributed by atoms with van der Waals surface area (Å²) in [6, 6.07) is 9.33. The summed E-state index contributed by atoms with van der Waals surface area (Å²) >= 11 is 0. The number of aromatic nitrogens is 1. The van der Waals surface area contributed by atoms with Crippen molar-refractivity contribution in [3.8, 4) is 11.1 Å². The van der Waals surface area contributed by atoms with Crippen LogP contribution in [0.5, 0.6) is 0 Å². The van der Waals surface area contributed by atoms with Crippen LogP contribution in [-0.2, 0) is 4.79 Å². The summed E-state index contributed by atoms with van der Waals surface area (Å²) in [5.74, 6) is -0.182. The molecule has 1 aromatic carbocycles. The maximum Gasteiger partial charge on any atom is 0.331 e. The van der Waals surface area contributed by atoms with E-state index in [2.05, 4.69) is 4.98 Å². The van der Waals surface area contributed by atoms with Crippen LogP contribution in [0.4, 0.5) is 10.5 Å². The third-order valence-corrected chi connectivity index (χ3v) is 3.86. The number of carbonyl (C=O) groups is 2. The van der Waals surface area contributed by atoms with E-state index in [0.717, 1.165) is 16.7 Å². The van der Waals surface area contributed by atoms with Gasteiger partial charge in [0.2, 0.25) is 0 Å². The molecule has 2 aromatic rings. The van der Waals surface area contributed by atoms with Crippen LogP contribution >= 0.6 is 0 Å². The van der Waals surface area contributed by atoms with Gasteiger partial charge in [0.25, 0.3) is 5.91 Å². The van der Waals surface area contributed by atoms with Crippen molar-refractivity contribution in [1.82, 2.24) is 9.88 Å². The number of hydrogen-bond acceptors (Lipinski definition) is 3. The smallest absolute Gasteiger partial charge is 0.315 e. The third-order valence-electron chi connectivity index (χ3n) is 3.86. The number of aryl methyl sites for hydroxylation is 1. The molecule has 1 aliphatic rings. The molecule has 3 amide bonds. The second-order valence-electron chi connectivity index (χ2n) is 5.27. The lowest BCUT2D eigenvalue weighted by Crippen LogP contribution is -2.33. The van der Waals surface area contributed by atoms with Gasteiger partial charge in [-0.3, -0.25) is 9.78 Å². The molecule has 1 saturated heterocycles. The summed E-state index contributed by atoms with van der Waals surface area (Å²) in [6.07, 6.45) is 3.48. The topological polar surface area (TPSA) is 53.5 Å². The SMILES string of the molecule is CCN1CC(=O)N(c2cc(-c3cccnc3)ccc2C)C1=O. The summed E-state index contributed by atoms with van der Waals surface area (Å²) < 4.78 is 0. The average Bonchev–Trinajstić information content (AvgIpc) is 2.83. The van der Waals surface area contributed by atoms with Crippen LogP contribution in [0.15, 0.2) is 42.7 Å². The molecule has 0 bridgehead atoms. The molecule has 0 spiro atoms. The maximum absolute atomic E-state index is 12.4. The van der Waals surface area contributed by atoms with E-state index in [1.54, 1.807) is 17.3 Å². The standard InChI is InChI=1S/C17H17N3O2/c1-3-19-11-16(21)20(17(19)22)15-9-13(7-6-12(15)2)14-5-4-8-18-10-14/h4-10H,3,11H2,1-2H3. The first-order valence-electron chi connectivity index (χ1n) is 7.24. The fourth-order valence-corrected chi connectivity index (χ4v) is 2.60. The number of carbonyl (C=O) groups excluding carboxylic acids is 2. The van der Waals surface area contributed by atoms with Gasteiger partial charge < -0.3 is 4.90 Å². The molecule has 112 valence electrons. The molecule has 0 saturated carbocycles. The Morgan fingerprint density at radius 3 is 2.64 bits per heavy atom.